The molecule has 0 saturated carbocycles. The fourth-order valence-corrected chi connectivity index (χ4v) is 2.72. The van der Waals surface area contributed by atoms with E-state index in [1.807, 2.05) is 42.5 Å². The van der Waals surface area contributed by atoms with Crippen molar-refractivity contribution in [2.24, 2.45) is 0 Å². The van der Waals surface area contributed by atoms with E-state index < -0.39 is 0 Å². The number of rotatable bonds is 3. The molecule has 0 bridgehead atoms. The van der Waals surface area contributed by atoms with Crippen molar-refractivity contribution >= 4 is 23.2 Å². The minimum absolute atomic E-state index is 0.160. The third-order valence-electron chi connectivity index (χ3n) is 3.47. The topological polar surface area (TPSA) is 0 Å². The molecule has 3 aromatic rings. The Morgan fingerprint density at radius 1 is 0.571 bits per heavy atom. The van der Waals surface area contributed by atoms with Crippen LogP contribution in [0, 0.1) is 0 Å². The molecule has 3 rings (SSSR count). The van der Waals surface area contributed by atoms with Crippen molar-refractivity contribution in [3.63, 3.8) is 0 Å². The average molecular weight is 313 g/mol. The molecule has 1 atom stereocenters. The second-order valence-electron chi connectivity index (χ2n) is 4.90. The lowest BCUT2D eigenvalue weighted by Crippen LogP contribution is -1.92. The van der Waals surface area contributed by atoms with E-state index in [1.54, 1.807) is 0 Å². The Balaban J connectivity index is 1.85. The third-order valence-corrected chi connectivity index (χ3v) is 4.23. The Hall–Kier alpha value is -1.76. The zero-order valence-electron chi connectivity index (χ0n) is 11.3. The molecule has 0 radical (unpaired) electrons. The monoisotopic (exact) mass is 312 g/mol. The van der Waals surface area contributed by atoms with Crippen LogP contribution in [0.1, 0.15) is 16.5 Å². The first kappa shape index (κ1) is 14.2. The van der Waals surface area contributed by atoms with Crippen molar-refractivity contribution in [2.75, 3.05) is 0 Å². The Bertz CT molecular complexity index is 701. The van der Waals surface area contributed by atoms with Gasteiger partial charge >= 0.3 is 0 Å². The summed E-state index contributed by atoms with van der Waals surface area (Å²) in [5.74, 6) is 0. The lowest BCUT2D eigenvalue weighted by molar-refractivity contribution is 1.14. The van der Waals surface area contributed by atoms with Gasteiger partial charge in [-0.15, -0.1) is 11.6 Å². The molecule has 0 fully saturated rings. The largest absolute Gasteiger partial charge is 0.113 e. The van der Waals surface area contributed by atoms with E-state index in [2.05, 4.69) is 36.4 Å². The second kappa shape index (κ2) is 6.34. The van der Waals surface area contributed by atoms with E-state index in [0.29, 0.717) is 0 Å². The van der Waals surface area contributed by atoms with Crippen molar-refractivity contribution < 1.29 is 0 Å². The van der Waals surface area contributed by atoms with Gasteiger partial charge in [0.05, 0.1) is 5.38 Å². The smallest absolute Gasteiger partial charge is 0.0835 e. The van der Waals surface area contributed by atoms with Crippen molar-refractivity contribution in [2.45, 2.75) is 5.38 Å². The molecule has 0 nitrogen and oxygen atoms in total. The average Bonchev–Trinajstić information content (AvgIpc) is 2.56. The van der Waals surface area contributed by atoms with E-state index in [0.717, 1.165) is 16.1 Å². The molecule has 0 aliphatic carbocycles. The zero-order valence-corrected chi connectivity index (χ0v) is 12.9. The van der Waals surface area contributed by atoms with Crippen molar-refractivity contribution in [1.82, 2.24) is 0 Å². The first-order chi connectivity index (χ1) is 10.2. The fourth-order valence-electron chi connectivity index (χ4n) is 2.30. The molecule has 21 heavy (non-hydrogen) atoms. The molecule has 0 aromatic heterocycles. The van der Waals surface area contributed by atoms with Gasteiger partial charge in [0.15, 0.2) is 0 Å². The van der Waals surface area contributed by atoms with Crippen molar-refractivity contribution in [3.05, 3.63) is 95.0 Å². The van der Waals surface area contributed by atoms with Gasteiger partial charge in [0.1, 0.15) is 0 Å². The summed E-state index contributed by atoms with van der Waals surface area (Å²) in [5, 5.41) is 0.564. The van der Waals surface area contributed by atoms with Gasteiger partial charge in [-0.05, 0) is 34.4 Å². The predicted octanol–water partition coefficient (Wildman–Crippen LogP) is 6.34. The molecule has 0 aliphatic rings. The summed E-state index contributed by atoms with van der Waals surface area (Å²) in [7, 11) is 0. The number of hydrogen-bond acceptors (Lipinski definition) is 0. The number of halogens is 2. The SMILES string of the molecule is Clc1ccc(C(Cl)c2ccc(-c3ccccc3)cc2)cc1. The maximum absolute atomic E-state index is 6.54. The van der Waals surface area contributed by atoms with Crippen LogP contribution in [0.4, 0.5) is 0 Å². The van der Waals surface area contributed by atoms with Crippen LogP contribution in [0.25, 0.3) is 11.1 Å². The molecular formula is C19H14Cl2. The Morgan fingerprint density at radius 2 is 1.05 bits per heavy atom. The van der Waals surface area contributed by atoms with Crippen molar-refractivity contribution in [3.8, 4) is 11.1 Å². The fraction of sp³-hybridized carbons (Fsp3) is 0.0526. The highest BCUT2D eigenvalue weighted by atomic mass is 35.5. The highest BCUT2D eigenvalue weighted by Crippen LogP contribution is 2.31. The third kappa shape index (κ3) is 3.29. The zero-order chi connectivity index (χ0) is 14.7. The van der Waals surface area contributed by atoms with E-state index in [-0.39, 0.29) is 5.38 Å². The summed E-state index contributed by atoms with van der Waals surface area (Å²) < 4.78 is 0. The van der Waals surface area contributed by atoms with Crippen LogP contribution in [-0.2, 0) is 0 Å². The summed E-state index contributed by atoms with van der Waals surface area (Å²) >= 11 is 12.4. The minimum atomic E-state index is -0.160. The molecule has 104 valence electrons. The maximum Gasteiger partial charge on any atom is 0.0835 e. The first-order valence-corrected chi connectivity index (χ1v) is 7.60. The van der Waals surface area contributed by atoms with Crippen molar-refractivity contribution in [1.29, 1.82) is 0 Å². The van der Waals surface area contributed by atoms with Crippen LogP contribution in [-0.4, -0.2) is 0 Å². The van der Waals surface area contributed by atoms with Gasteiger partial charge in [0, 0.05) is 5.02 Å². The molecule has 2 heteroatoms. The van der Waals surface area contributed by atoms with E-state index >= 15 is 0 Å². The Labute approximate surface area is 135 Å². The van der Waals surface area contributed by atoms with Gasteiger partial charge in [-0.3, -0.25) is 0 Å². The molecule has 0 aliphatic heterocycles. The first-order valence-electron chi connectivity index (χ1n) is 6.79. The molecule has 0 amide bonds. The van der Waals surface area contributed by atoms with Gasteiger partial charge in [0.25, 0.3) is 0 Å². The quantitative estimate of drug-likeness (QED) is 0.495. The van der Waals surface area contributed by atoms with Gasteiger partial charge in [-0.2, -0.15) is 0 Å². The van der Waals surface area contributed by atoms with Crippen LogP contribution < -0.4 is 0 Å². The van der Waals surface area contributed by atoms with Crippen LogP contribution in [0.2, 0.25) is 5.02 Å². The summed E-state index contributed by atoms with van der Waals surface area (Å²) in [5.41, 5.74) is 4.54. The Morgan fingerprint density at radius 3 is 1.62 bits per heavy atom. The molecule has 3 aromatic carbocycles. The molecule has 0 saturated heterocycles. The van der Waals surface area contributed by atoms with E-state index in [1.165, 1.54) is 11.1 Å². The van der Waals surface area contributed by atoms with Gasteiger partial charge in [-0.25, -0.2) is 0 Å². The van der Waals surface area contributed by atoms with Gasteiger partial charge in [0.2, 0.25) is 0 Å². The molecule has 0 heterocycles. The summed E-state index contributed by atoms with van der Waals surface area (Å²) in [4.78, 5) is 0. The van der Waals surface area contributed by atoms with E-state index in [9.17, 15) is 0 Å². The van der Waals surface area contributed by atoms with Gasteiger partial charge < -0.3 is 0 Å². The minimum Gasteiger partial charge on any atom is -0.113 e. The Kier molecular flexibility index (Phi) is 4.28. The van der Waals surface area contributed by atoms with Crippen LogP contribution in [0.15, 0.2) is 78.9 Å². The highest BCUT2D eigenvalue weighted by molar-refractivity contribution is 6.30. The lowest BCUT2D eigenvalue weighted by Gasteiger charge is -2.11. The van der Waals surface area contributed by atoms with Gasteiger partial charge in [-0.1, -0.05) is 78.3 Å². The lowest BCUT2D eigenvalue weighted by atomic mass is 10.00. The second-order valence-corrected chi connectivity index (χ2v) is 5.78. The standard InChI is InChI=1S/C19H14Cl2/c20-18-12-10-17(11-13-18)19(21)16-8-6-15(7-9-16)14-4-2-1-3-5-14/h1-13,19H. The van der Waals surface area contributed by atoms with Crippen LogP contribution in [0.5, 0.6) is 0 Å². The summed E-state index contributed by atoms with van der Waals surface area (Å²) in [6, 6.07) is 26.3. The van der Waals surface area contributed by atoms with Crippen LogP contribution in [0.3, 0.4) is 0 Å². The van der Waals surface area contributed by atoms with E-state index in [4.69, 9.17) is 23.2 Å². The summed E-state index contributed by atoms with van der Waals surface area (Å²) in [6.45, 7) is 0. The molecule has 1 unspecified atom stereocenters. The number of alkyl halides is 1. The molecule has 0 spiro atoms. The maximum atomic E-state index is 6.54. The number of hydrogen-bond donors (Lipinski definition) is 0. The summed E-state index contributed by atoms with van der Waals surface area (Å²) in [6.07, 6.45) is 0. The normalized spacial score (nSPS) is 12.1. The number of benzene rings is 3. The predicted molar refractivity (Wildman–Crippen MR) is 91.0 cm³/mol. The van der Waals surface area contributed by atoms with Crippen LogP contribution >= 0.6 is 23.2 Å². The highest BCUT2D eigenvalue weighted by Gasteiger charge is 2.10. The molecule has 0 N–H and O–H groups in total. The molecular weight excluding hydrogens is 299 g/mol.